The maximum Gasteiger partial charge on any atom is 0.0576 e. The minimum atomic E-state index is 0.287. The van der Waals surface area contributed by atoms with Crippen LogP contribution in [0.5, 0.6) is 0 Å². The summed E-state index contributed by atoms with van der Waals surface area (Å²) in [5.41, 5.74) is 0.368. The molecule has 2 unspecified atom stereocenters. The summed E-state index contributed by atoms with van der Waals surface area (Å²) < 4.78 is 5.62. The lowest BCUT2D eigenvalue weighted by atomic mass is 9.82. The Hall–Kier alpha value is 0.250. The van der Waals surface area contributed by atoms with Gasteiger partial charge >= 0.3 is 0 Å². The van der Waals surface area contributed by atoms with Gasteiger partial charge in [-0.3, -0.25) is 0 Å². The third kappa shape index (κ3) is 4.65. The number of hydrogen-bond donors (Lipinski definition) is 0. The van der Waals surface area contributed by atoms with Gasteiger partial charge in [0.25, 0.3) is 0 Å². The highest BCUT2D eigenvalue weighted by Crippen LogP contribution is 2.32. The highest BCUT2D eigenvalue weighted by Gasteiger charge is 2.23. The molecule has 0 aromatic rings. The molecule has 14 heavy (non-hydrogen) atoms. The van der Waals surface area contributed by atoms with Crippen molar-refractivity contribution < 1.29 is 4.74 Å². The van der Waals surface area contributed by atoms with Crippen LogP contribution in [0.3, 0.4) is 0 Å². The van der Waals surface area contributed by atoms with Crippen molar-refractivity contribution in [2.45, 2.75) is 64.4 Å². The lowest BCUT2D eigenvalue weighted by Gasteiger charge is -2.27. The molecular weight excluding hydrogens is 196 g/mol. The number of ether oxygens (including phenoxy) is 1. The zero-order valence-electron chi connectivity index (χ0n) is 9.68. The fraction of sp³-hybridized carbons (Fsp3) is 1.00. The first-order valence-electron chi connectivity index (χ1n) is 5.75. The summed E-state index contributed by atoms with van der Waals surface area (Å²) in [5.74, 6) is 0. The van der Waals surface area contributed by atoms with Gasteiger partial charge in [-0.15, -0.1) is 11.6 Å². The molecule has 0 aromatic carbocycles. The van der Waals surface area contributed by atoms with Crippen LogP contribution < -0.4 is 0 Å². The van der Waals surface area contributed by atoms with Crippen LogP contribution in [0.25, 0.3) is 0 Å². The average Bonchev–Trinajstić information content (AvgIpc) is 2.50. The Kier molecular flexibility index (Phi) is 4.72. The Balaban J connectivity index is 2.20. The fourth-order valence-electron chi connectivity index (χ4n) is 2.29. The van der Waals surface area contributed by atoms with E-state index in [4.69, 9.17) is 16.3 Å². The molecule has 1 rings (SSSR count). The normalized spacial score (nSPS) is 25.3. The second kappa shape index (κ2) is 5.37. The van der Waals surface area contributed by atoms with Crippen molar-refractivity contribution in [3.8, 4) is 0 Å². The van der Waals surface area contributed by atoms with Crippen molar-refractivity contribution in [3.63, 3.8) is 0 Å². The largest absolute Gasteiger partial charge is 0.378 e. The number of alkyl halides is 1. The lowest BCUT2D eigenvalue weighted by molar-refractivity contribution is 0.0905. The van der Waals surface area contributed by atoms with Crippen molar-refractivity contribution in [1.29, 1.82) is 0 Å². The second-order valence-electron chi connectivity index (χ2n) is 5.32. The van der Waals surface area contributed by atoms with Crippen molar-refractivity contribution in [2.75, 3.05) is 6.61 Å². The molecule has 0 aromatic heterocycles. The predicted molar refractivity (Wildman–Crippen MR) is 61.9 cm³/mol. The van der Waals surface area contributed by atoms with Crippen LogP contribution in [0.2, 0.25) is 0 Å². The van der Waals surface area contributed by atoms with Crippen LogP contribution in [-0.2, 0) is 4.74 Å². The van der Waals surface area contributed by atoms with E-state index in [1.54, 1.807) is 0 Å². The minimum absolute atomic E-state index is 0.287. The van der Waals surface area contributed by atoms with E-state index in [1.165, 1.54) is 25.7 Å². The highest BCUT2D eigenvalue weighted by atomic mass is 35.5. The molecule has 0 bridgehead atoms. The molecule has 1 fully saturated rings. The van der Waals surface area contributed by atoms with Gasteiger partial charge in [0.1, 0.15) is 0 Å². The van der Waals surface area contributed by atoms with Gasteiger partial charge in [-0.25, -0.2) is 0 Å². The third-order valence-electron chi connectivity index (χ3n) is 3.00. The SMILES string of the molecule is CC(Cl)CC(C)(C)CCC1CCCO1. The Morgan fingerprint density at radius 3 is 2.71 bits per heavy atom. The first-order chi connectivity index (χ1) is 6.49. The Morgan fingerprint density at radius 2 is 2.21 bits per heavy atom. The molecule has 1 heterocycles. The molecular formula is C12H23ClO. The molecule has 1 nitrogen and oxygen atoms in total. The van der Waals surface area contributed by atoms with Gasteiger partial charge in [-0.1, -0.05) is 13.8 Å². The van der Waals surface area contributed by atoms with Gasteiger partial charge < -0.3 is 4.74 Å². The van der Waals surface area contributed by atoms with Crippen LogP contribution in [0.15, 0.2) is 0 Å². The number of rotatable bonds is 5. The van der Waals surface area contributed by atoms with Gasteiger partial charge in [0.15, 0.2) is 0 Å². The zero-order valence-corrected chi connectivity index (χ0v) is 10.4. The minimum Gasteiger partial charge on any atom is -0.378 e. The van der Waals surface area contributed by atoms with Gasteiger partial charge in [-0.2, -0.15) is 0 Å². The van der Waals surface area contributed by atoms with Crippen molar-refractivity contribution >= 4 is 11.6 Å². The summed E-state index contributed by atoms with van der Waals surface area (Å²) in [6.07, 6.45) is 6.57. The van der Waals surface area contributed by atoms with E-state index < -0.39 is 0 Å². The quantitative estimate of drug-likeness (QED) is 0.635. The van der Waals surface area contributed by atoms with Crippen LogP contribution >= 0.6 is 11.6 Å². The Labute approximate surface area is 93.2 Å². The summed E-state index contributed by atoms with van der Waals surface area (Å²) >= 11 is 6.03. The first-order valence-corrected chi connectivity index (χ1v) is 6.19. The molecule has 0 amide bonds. The van der Waals surface area contributed by atoms with Crippen LogP contribution in [0, 0.1) is 5.41 Å². The molecule has 2 atom stereocenters. The summed E-state index contributed by atoms with van der Waals surface area (Å²) in [4.78, 5) is 0. The maximum absolute atomic E-state index is 6.03. The van der Waals surface area contributed by atoms with E-state index >= 15 is 0 Å². The molecule has 2 heteroatoms. The van der Waals surface area contributed by atoms with E-state index in [1.807, 2.05) is 0 Å². The average molecular weight is 219 g/mol. The van der Waals surface area contributed by atoms with E-state index in [0.717, 1.165) is 13.0 Å². The Bertz CT molecular complexity index is 160. The molecule has 0 spiro atoms. The highest BCUT2D eigenvalue weighted by molar-refractivity contribution is 6.20. The van der Waals surface area contributed by atoms with Crippen LogP contribution in [0.4, 0.5) is 0 Å². The molecule has 0 N–H and O–H groups in total. The third-order valence-corrected chi connectivity index (χ3v) is 3.16. The molecule has 0 radical (unpaired) electrons. The molecule has 0 saturated carbocycles. The predicted octanol–water partition coefficient (Wildman–Crippen LogP) is 3.99. The van der Waals surface area contributed by atoms with Crippen LogP contribution in [0.1, 0.15) is 52.9 Å². The zero-order chi connectivity index (χ0) is 10.6. The van der Waals surface area contributed by atoms with Crippen LogP contribution in [-0.4, -0.2) is 18.1 Å². The van der Waals surface area contributed by atoms with E-state index in [-0.39, 0.29) is 5.38 Å². The summed E-state index contributed by atoms with van der Waals surface area (Å²) in [5, 5.41) is 0.287. The van der Waals surface area contributed by atoms with E-state index in [9.17, 15) is 0 Å². The first kappa shape index (κ1) is 12.3. The van der Waals surface area contributed by atoms with Gasteiger partial charge in [0, 0.05) is 12.0 Å². The van der Waals surface area contributed by atoms with Gasteiger partial charge in [0.05, 0.1) is 6.10 Å². The van der Waals surface area contributed by atoms with E-state index in [2.05, 4.69) is 20.8 Å². The van der Waals surface area contributed by atoms with Crippen molar-refractivity contribution in [1.82, 2.24) is 0 Å². The molecule has 1 aliphatic heterocycles. The standard InChI is InChI=1S/C12H23ClO/c1-10(13)9-12(2,3)7-6-11-5-4-8-14-11/h10-11H,4-9H2,1-3H3. The van der Waals surface area contributed by atoms with Gasteiger partial charge in [0.2, 0.25) is 0 Å². The lowest BCUT2D eigenvalue weighted by Crippen LogP contribution is -2.18. The number of halogens is 1. The smallest absolute Gasteiger partial charge is 0.0576 e. The van der Waals surface area contributed by atoms with Crippen molar-refractivity contribution in [2.24, 2.45) is 5.41 Å². The summed E-state index contributed by atoms with van der Waals surface area (Å²) in [6, 6.07) is 0. The van der Waals surface area contributed by atoms with Gasteiger partial charge in [-0.05, 0) is 44.4 Å². The fourth-order valence-corrected chi connectivity index (χ4v) is 2.70. The second-order valence-corrected chi connectivity index (χ2v) is 6.07. The van der Waals surface area contributed by atoms with Crippen molar-refractivity contribution in [3.05, 3.63) is 0 Å². The Morgan fingerprint density at radius 1 is 1.50 bits per heavy atom. The topological polar surface area (TPSA) is 9.23 Å². The maximum atomic E-state index is 6.03. The summed E-state index contributed by atoms with van der Waals surface area (Å²) in [7, 11) is 0. The van der Waals surface area contributed by atoms with E-state index in [0.29, 0.717) is 11.5 Å². The molecule has 0 aliphatic carbocycles. The summed E-state index contributed by atoms with van der Waals surface area (Å²) in [6.45, 7) is 7.66. The molecule has 1 aliphatic rings. The monoisotopic (exact) mass is 218 g/mol. The molecule has 1 saturated heterocycles. The molecule has 84 valence electrons. The number of hydrogen-bond acceptors (Lipinski definition) is 1.